The van der Waals surface area contributed by atoms with Gasteiger partial charge in [-0.3, -0.25) is 4.79 Å². The molecule has 1 aliphatic heterocycles. The molecule has 2 unspecified atom stereocenters. The molecule has 3 amide bonds. The molecule has 3 heterocycles. The summed E-state index contributed by atoms with van der Waals surface area (Å²) in [6.07, 6.45) is 3.50. The highest BCUT2D eigenvalue weighted by Gasteiger charge is 2.49. The number of carbonyl (C=O) groups excluding carboxylic acids is 2. The summed E-state index contributed by atoms with van der Waals surface area (Å²) in [5, 5.41) is 9.15. The van der Waals surface area contributed by atoms with Gasteiger partial charge in [-0.15, -0.1) is 0 Å². The Labute approximate surface area is 221 Å². The number of hydrogen-bond acceptors (Lipinski definition) is 6. The van der Waals surface area contributed by atoms with Crippen LogP contribution < -0.4 is 10.6 Å². The first-order valence-corrected chi connectivity index (χ1v) is 13.5. The van der Waals surface area contributed by atoms with E-state index >= 15 is 0 Å². The highest BCUT2D eigenvalue weighted by molar-refractivity contribution is 5.94. The summed E-state index contributed by atoms with van der Waals surface area (Å²) in [5.74, 6) is 1.60. The number of nitrogens with zero attached hydrogens (tertiary/aromatic N) is 3. The first-order valence-electron chi connectivity index (χ1n) is 13.5. The predicted octanol–water partition coefficient (Wildman–Crippen LogP) is 5.06. The van der Waals surface area contributed by atoms with Gasteiger partial charge in [0.25, 0.3) is 5.91 Å². The number of alkyl halides is 3. The third kappa shape index (κ3) is 4.85. The average Bonchev–Trinajstić information content (AvgIpc) is 3.84. The lowest BCUT2D eigenvalue weighted by atomic mass is 9.89. The van der Waals surface area contributed by atoms with Crippen molar-refractivity contribution in [3.05, 3.63) is 47.2 Å². The molecule has 3 aromatic rings. The fourth-order valence-corrected chi connectivity index (χ4v) is 5.88. The fraction of sp³-hybridized carbons (Fsp3) is 0.556. The minimum Gasteiger partial charge on any atom is -0.438 e. The molecule has 12 heteroatoms. The van der Waals surface area contributed by atoms with E-state index in [1.54, 1.807) is 24.5 Å². The second-order valence-electron chi connectivity index (χ2n) is 11.4. The van der Waals surface area contributed by atoms with Crippen molar-refractivity contribution in [3.8, 4) is 0 Å². The second-order valence-corrected chi connectivity index (χ2v) is 11.4. The molecule has 4 aliphatic rings. The van der Waals surface area contributed by atoms with E-state index in [0.29, 0.717) is 46.0 Å². The second kappa shape index (κ2) is 8.99. The van der Waals surface area contributed by atoms with Crippen molar-refractivity contribution < 1.29 is 31.7 Å². The Bertz CT molecular complexity index is 1410. The van der Waals surface area contributed by atoms with E-state index in [0.717, 1.165) is 49.0 Å². The normalized spacial score (nSPS) is 22.5. The van der Waals surface area contributed by atoms with Crippen LogP contribution in [0.15, 0.2) is 33.4 Å². The third-order valence-corrected chi connectivity index (χ3v) is 8.32. The Balaban J connectivity index is 1.15. The molecule has 0 radical (unpaired) electrons. The van der Waals surface area contributed by atoms with Gasteiger partial charge in [-0.2, -0.15) is 13.2 Å². The molecule has 2 aromatic heterocycles. The number of halogens is 3. The van der Waals surface area contributed by atoms with Crippen LogP contribution in [0.2, 0.25) is 0 Å². The van der Waals surface area contributed by atoms with Gasteiger partial charge < -0.3 is 24.5 Å². The molecule has 4 fully saturated rings. The van der Waals surface area contributed by atoms with Crippen LogP contribution in [0.3, 0.4) is 0 Å². The maximum absolute atomic E-state index is 13.4. The summed E-state index contributed by atoms with van der Waals surface area (Å²) in [6.45, 7) is -0.437. The van der Waals surface area contributed by atoms with E-state index in [4.69, 9.17) is 13.9 Å². The molecule has 0 bridgehead atoms. The summed E-state index contributed by atoms with van der Waals surface area (Å²) in [6, 6.07) is 2.08. The number of urea groups is 1. The molecule has 39 heavy (non-hydrogen) atoms. The zero-order chi connectivity index (χ0) is 26.9. The van der Waals surface area contributed by atoms with Crippen molar-refractivity contribution in [2.24, 2.45) is 17.8 Å². The van der Waals surface area contributed by atoms with Crippen LogP contribution in [0.4, 0.5) is 18.0 Å². The molecule has 7 rings (SSSR count). The number of oxazole rings is 1. The summed E-state index contributed by atoms with van der Waals surface area (Å²) < 4.78 is 50.5. The maximum Gasteiger partial charge on any atom is 0.410 e. The van der Waals surface area contributed by atoms with Crippen LogP contribution in [0, 0.1) is 17.8 Å². The lowest BCUT2D eigenvalue weighted by Gasteiger charge is -2.25. The number of rotatable bonds is 9. The van der Waals surface area contributed by atoms with Gasteiger partial charge in [0.15, 0.2) is 11.3 Å². The first kappa shape index (κ1) is 24.5. The average molecular weight is 544 g/mol. The molecular formula is C27H28F3N5O4. The Morgan fingerprint density at radius 1 is 1.15 bits per heavy atom. The molecule has 1 aromatic carbocycles. The van der Waals surface area contributed by atoms with Crippen molar-refractivity contribution >= 4 is 23.0 Å². The minimum absolute atomic E-state index is 0.0135. The van der Waals surface area contributed by atoms with Gasteiger partial charge in [0.1, 0.15) is 23.9 Å². The molecular weight excluding hydrogens is 515 g/mol. The summed E-state index contributed by atoms with van der Waals surface area (Å²) in [7, 11) is 0. The maximum atomic E-state index is 13.4. The highest BCUT2D eigenvalue weighted by atomic mass is 19.4. The summed E-state index contributed by atoms with van der Waals surface area (Å²) in [5.41, 5.74) is 2.82. The monoisotopic (exact) mass is 543 g/mol. The molecule has 206 valence electrons. The van der Waals surface area contributed by atoms with Crippen molar-refractivity contribution in [3.63, 3.8) is 0 Å². The molecule has 3 aliphatic carbocycles. The van der Waals surface area contributed by atoms with Crippen LogP contribution in [-0.2, 0) is 6.54 Å². The van der Waals surface area contributed by atoms with Crippen LogP contribution in [0.25, 0.3) is 11.1 Å². The Kier molecular flexibility index (Phi) is 5.64. The molecule has 2 atom stereocenters. The van der Waals surface area contributed by atoms with Crippen LogP contribution >= 0.6 is 0 Å². The zero-order valence-electron chi connectivity index (χ0n) is 21.0. The van der Waals surface area contributed by atoms with Crippen molar-refractivity contribution in [2.45, 2.75) is 69.2 Å². The van der Waals surface area contributed by atoms with Gasteiger partial charge >= 0.3 is 12.2 Å². The number of benzene rings is 1. The molecule has 1 saturated heterocycles. The van der Waals surface area contributed by atoms with Crippen LogP contribution in [0.5, 0.6) is 0 Å². The zero-order valence-corrected chi connectivity index (χ0v) is 21.0. The molecule has 0 spiro atoms. The fourth-order valence-electron chi connectivity index (χ4n) is 5.88. The van der Waals surface area contributed by atoms with Gasteiger partial charge in [-0.05, 0) is 79.9 Å². The Morgan fingerprint density at radius 2 is 1.90 bits per heavy atom. The van der Waals surface area contributed by atoms with Crippen molar-refractivity contribution in [1.82, 2.24) is 25.7 Å². The highest BCUT2D eigenvalue weighted by Crippen LogP contribution is 2.54. The number of amides is 3. The Morgan fingerprint density at radius 3 is 2.54 bits per heavy atom. The van der Waals surface area contributed by atoms with E-state index in [-0.39, 0.29) is 18.4 Å². The number of nitrogens with one attached hydrogen (secondary N) is 2. The largest absolute Gasteiger partial charge is 0.438 e. The molecule has 2 N–H and O–H groups in total. The van der Waals surface area contributed by atoms with Crippen LogP contribution in [-0.4, -0.2) is 45.7 Å². The van der Waals surface area contributed by atoms with Crippen molar-refractivity contribution in [2.75, 3.05) is 6.54 Å². The smallest absolute Gasteiger partial charge is 0.410 e. The van der Waals surface area contributed by atoms with E-state index in [9.17, 15) is 22.8 Å². The van der Waals surface area contributed by atoms with Crippen LogP contribution in [0.1, 0.15) is 78.0 Å². The Hall–Kier alpha value is -3.57. The predicted molar refractivity (Wildman–Crippen MR) is 130 cm³/mol. The lowest BCUT2D eigenvalue weighted by Crippen LogP contribution is -2.40. The van der Waals surface area contributed by atoms with Gasteiger partial charge in [-0.1, -0.05) is 11.2 Å². The summed E-state index contributed by atoms with van der Waals surface area (Å²) >= 11 is 0. The van der Waals surface area contributed by atoms with E-state index < -0.39 is 30.8 Å². The first-order chi connectivity index (χ1) is 18.7. The summed E-state index contributed by atoms with van der Waals surface area (Å²) in [4.78, 5) is 31.4. The van der Waals surface area contributed by atoms with Gasteiger partial charge in [0.2, 0.25) is 5.89 Å². The van der Waals surface area contributed by atoms with E-state index in [2.05, 4.69) is 10.5 Å². The third-order valence-electron chi connectivity index (χ3n) is 8.32. The molecule has 3 saturated carbocycles. The van der Waals surface area contributed by atoms with Gasteiger partial charge in [0, 0.05) is 12.1 Å². The van der Waals surface area contributed by atoms with Crippen molar-refractivity contribution in [1.29, 1.82) is 0 Å². The van der Waals surface area contributed by atoms with Gasteiger partial charge in [0.05, 0.1) is 6.54 Å². The van der Waals surface area contributed by atoms with Gasteiger partial charge in [-0.25, -0.2) is 9.78 Å². The minimum atomic E-state index is -4.50. The lowest BCUT2D eigenvalue weighted by molar-refractivity contribution is -0.149. The van der Waals surface area contributed by atoms with E-state index in [1.165, 1.54) is 0 Å². The number of aromatic nitrogens is 2. The number of fused-ring (bicyclic) bond motifs is 1. The SMILES string of the molecule is O=C(NC(c1nc2cc(CN3CC(C(F)(F)F)NC3=O)ccc2o1)C(C1CC1)C1CC1)c1nocc1C1CC1. The van der Waals surface area contributed by atoms with E-state index in [1.807, 2.05) is 5.32 Å². The molecule has 9 nitrogen and oxygen atoms in total. The standard InChI is InChI=1S/C27H28F3N5O4/c28-27(29,30)20-11-35(26(37)32-20)10-13-1-8-19-18(9-13)31-25(39-19)23(21(15-4-5-15)16-6-7-16)33-24(36)22-17(12-38-34-22)14-2-3-14/h1,8-9,12,14-16,20-21,23H,2-7,10-11H2,(H,32,37)(H,33,36). The topological polar surface area (TPSA) is 114 Å². The number of hydrogen-bond donors (Lipinski definition) is 2. The number of carbonyl (C=O) groups is 2. The quantitative estimate of drug-likeness (QED) is 0.390.